The van der Waals surface area contributed by atoms with Crippen LogP contribution in [0.15, 0.2) is 30.5 Å². The molecule has 1 aliphatic rings. The predicted molar refractivity (Wildman–Crippen MR) is 107 cm³/mol. The number of amides is 1. The lowest BCUT2D eigenvalue weighted by atomic mass is 9.92. The molecule has 4 N–H and O–H groups in total. The Labute approximate surface area is 168 Å². The molecular weight excluding hydrogens is 380 g/mol. The highest BCUT2D eigenvalue weighted by molar-refractivity contribution is 6.02. The Kier molecular flexibility index (Phi) is 6.05. The molecule has 9 nitrogen and oxygen atoms in total. The van der Waals surface area contributed by atoms with E-state index in [2.05, 4.69) is 30.8 Å². The van der Waals surface area contributed by atoms with Gasteiger partial charge in [0.05, 0.1) is 12.2 Å². The van der Waals surface area contributed by atoms with E-state index < -0.39 is 0 Å². The number of nitrogens with zero attached hydrogens (tertiary/aromatic N) is 5. The minimum Gasteiger partial charge on any atom is -0.328 e. The normalized spacial score (nSPS) is 19.1. The third-order valence-corrected chi connectivity index (χ3v) is 4.86. The van der Waals surface area contributed by atoms with Crippen molar-refractivity contribution in [1.29, 1.82) is 0 Å². The lowest BCUT2D eigenvalue weighted by Crippen LogP contribution is -2.28. The fourth-order valence-corrected chi connectivity index (χ4v) is 3.29. The Hall–Kier alpha value is -2.78. The SMILES string of the molecule is Cc1nc(-c2ccc(NC(=O)c3cn(C4CCC(N)CC4)nn3)cc2)n[nH]1.Cl. The average molecular weight is 403 g/mol. The molecule has 1 fully saturated rings. The number of hydrogen-bond donors (Lipinski definition) is 3. The van der Waals surface area contributed by atoms with Gasteiger partial charge in [0.2, 0.25) is 0 Å². The summed E-state index contributed by atoms with van der Waals surface area (Å²) in [4.78, 5) is 16.7. The summed E-state index contributed by atoms with van der Waals surface area (Å²) >= 11 is 0. The van der Waals surface area contributed by atoms with Gasteiger partial charge in [-0.3, -0.25) is 9.89 Å². The molecule has 2 aromatic heterocycles. The lowest BCUT2D eigenvalue weighted by molar-refractivity contribution is 0.102. The van der Waals surface area contributed by atoms with Gasteiger partial charge in [-0.1, -0.05) is 5.21 Å². The lowest BCUT2D eigenvalue weighted by Gasteiger charge is -2.25. The molecule has 4 rings (SSSR count). The van der Waals surface area contributed by atoms with E-state index in [9.17, 15) is 4.79 Å². The van der Waals surface area contributed by atoms with Gasteiger partial charge in [-0.25, -0.2) is 9.67 Å². The van der Waals surface area contributed by atoms with Crippen LogP contribution in [-0.4, -0.2) is 42.1 Å². The van der Waals surface area contributed by atoms with Crippen molar-refractivity contribution in [3.63, 3.8) is 0 Å². The second kappa shape index (κ2) is 8.49. The number of halogens is 1. The summed E-state index contributed by atoms with van der Waals surface area (Å²) < 4.78 is 1.79. The van der Waals surface area contributed by atoms with E-state index in [1.165, 1.54) is 0 Å². The van der Waals surface area contributed by atoms with E-state index in [0.717, 1.165) is 37.1 Å². The molecule has 0 radical (unpaired) electrons. The number of carbonyl (C=O) groups is 1. The van der Waals surface area contributed by atoms with Crippen molar-refractivity contribution in [2.24, 2.45) is 5.73 Å². The van der Waals surface area contributed by atoms with E-state index in [-0.39, 0.29) is 30.4 Å². The molecule has 1 aromatic carbocycles. The van der Waals surface area contributed by atoms with Gasteiger partial charge < -0.3 is 11.1 Å². The van der Waals surface area contributed by atoms with Crippen molar-refractivity contribution in [2.75, 3.05) is 5.32 Å². The number of nitrogens with one attached hydrogen (secondary N) is 2. The molecule has 0 atom stereocenters. The van der Waals surface area contributed by atoms with Crippen molar-refractivity contribution in [3.05, 3.63) is 42.0 Å². The molecule has 0 aliphatic heterocycles. The minimum absolute atomic E-state index is 0. The van der Waals surface area contributed by atoms with Crippen LogP contribution in [0.25, 0.3) is 11.4 Å². The maximum atomic E-state index is 12.4. The quantitative estimate of drug-likeness (QED) is 0.615. The van der Waals surface area contributed by atoms with E-state index in [1.807, 2.05) is 31.2 Å². The zero-order valence-electron chi connectivity index (χ0n) is 15.5. The number of anilines is 1. The van der Waals surface area contributed by atoms with Gasteiger partial charge in [-0.05, 0) is 56.9 Å². The van der Waals surface area contributed by atoms with Crippen LogP contribution in [0.2, 0.25) is 0 Å². The Balaban J connectivity index is 0.00000225. The van der Waals surface area contributed by atoms with Gasteiger partial charge in [0.1, 0.15) is 5.82 Å². The fourth-order valence-electron chi connectivity index (χ4n) is 3.29. The highest BCUT2D eigenvalue weighted by Crippen LogP contribution is 2.27. The summed E-state index contributed by atoms with van der Waals surface area (Å²) in [6.07, 6.45) is 5.59. The Morgan fingerprint density at radius 2 is 1.93 bits per heavy atom. The van der Waals surface area contributed by atoms with Gasteiger partial charge in [-0.2, -0.15) is 5.10 Å². The van der Waals surface area contributed by atoms with E-state index in [4.69, 9.17) is 5.73 Å². The molecule has 1 aliphatic carbocycles. The first-order chi connectivity index (χ1) is 13.1. The molecule has 10 heteroatoms. The second-order valence-corrected chi connectivity index (χ2v) is 6.93. The van der Waals surface area contributed by atoms with Crippen LogP contribution in [0.5, 0.6) is 0 Å². The number of rotatable bonds is 4. The van der Waals surface area contributed by atoms with Crippen molar-refractivity contribution < 1.29 is 4.79 Å². The Morgan fingerprint density at radius 3 is 2.57 bits per heavy atom. The molecule has 2 heterocycles. The summed E-state index contributed by atoms with van der Waals surface area (Å²) in [5.74, 6) is 1.10. The topological polar surface area (TPSA) is 127 Å². The summed E-state index contributed by atoms with van der Waals surface area (Å²) in [7, 11) is 0. The van der Waals surface area contributed by atoms with Crippen LogP contribution in [0.4, 0.5) is 5.69 Å². The van der Waals surface area contributed by atoms with Gasteiger partial charge in [0, 0.05) is 17.3 Å². The standard InChI is InChI=1S/C18H22N8O.ClH/c1-11-20-17(24-22-11)12-2-6-14(7-3-12)21-18(27)16-10-26(25-23-16)15-8-4-13(19)5-9-15;/h2-3,6-7,10,13,15H,4-5,8-9,19H2,1H3,(H,21,27)(H,20,22,24);1H. The molecule has 0 bridgehead atoms. The molecule has 148 valence electrons. The third-order valence-electron chi connectivity index (χ3n) is 4.86. The number of H-pyrrole nitrogens is 1. The maximum Gasteiger partial charge on any atom is 0.277 e. The van der Waals surface area contributed by atoms with E-state index >= 15 is 0 Å². The summed E-state index contributed by atoms with van der Waals surface area (Å²) in [6, 6.07) is 7.89. The number of nitrogens with two attached hydrogens (primary N) is 1. The Morgan fingerprint density at radius 1 is 1.21 bits per heavy atom. The van der Waals surface area contributed by atoms with Crippen LogP contribution in [0, 0.1) is 6.92 Å². The predicted octanol–water partition coefficient (Wildman–Crippen LogP) is 2.49. The minimum atomic E-state index is -0.282. The number of carbonyl (C=O) groups excluding carboxylic acids is 1. The average Bonchev–Trinajstić information content (AvgIpc) is 3.32. The maximum absolute atomic E-state index is 12.4. The van der Waals surface area contributed by atoms with Crippen LogP contribution < -0.4 is 11.1 Å². The molecule has 1 saturated carbocycles. The summed E-state index contributed by atoms with van der Waals surface area (Å²) in [6.45, 7) is 1.85. The Bertz CT molecular complexity index is 927. The first kappa shape index (κ1) is 20.0. The molecule has 1 amide bonds. The smallest absolute Gasteiger partial charge is 0.277 e. The zero-order chi connectivity index (χ0) is 18.8. The fraction of sp³-hybridized carbons (Fsp3) is 0.389. The summed E-state index contributed by atoms with van der Waals surface area (Å²) in [5.41, 5.74) is 7.80. The van der Waals surface area contributed by atoms with Gasteiger partial charge >= 0.3 is 0 Å². The van der Waals surface area contributed by atoms with Crippen LogP contribution in [-0.2, 0) is 0 Å². The molecule has 0 spiro atoms. The highest BCUT2D eigenvalue weighted by atomic mass is 35.5. The highest BCUT2D eigenvalue weighted by Gasteiger charge is 2.22. The van der Waals surface area contributed by atoms with Crippen molar-refractivity contribution in [1.82, 2.24) is 30.2 Å². The first-order valence-corrected chi connectivity index (χ1v) is 9.06. The number of aryl methyl sites for hydroxylation is 1. The van der Waals surface area contributed by atoms with Crippen LogP contribution >= 0.6 is 12.4 Å². The summed E-state index contributed by atoms with van der Waals surface area (Å²) in [5, 5.41) is 17.9. The van der Waals surface area contributed by atoms with Crippen LogP contribution in [0.3, 0.4) is 0 Å². The largest absolute Gasteiger partial charge is 0.328 e. The number of aromatic nitrogens is 6. The van der Waals surface area contributed by atoms with Crippen LogP contribution in [0.1, 0.15) is 48.0 Å². The number of aromatic amines is 1. The number of hydrogen-bond acceptors (Lipinski definition) is 6. The molecular formula is C18H23ClN8O. The second-order valence-electron chi connectivity index (χ2n) is 6.93. The van der Waals surface area contributed by atoms with E-state index in [1.54, 1.807) is 10.9 Å². The van der Waals surface area contributed by atoms with Crippen molar-refractivity contribution >= 4 is 24.0 Å². The molecule has 0 unspecified atom stereocenters. The van der Waals surface area contributed by atoms with Crippen molar-refractivity contribution in [3.8, 4) is 11.4 Å². The van der Waals surface area contributed by atoms with Crippen molar-refractivity contribution in [2.45, 2.75) is 44.7 Å². The monoisotopic (exact) mass is 402 g/mol. The van der Waals surface area contributed by atoms with Gasteiger partial charge in [0.15, 0.2) is 11.5 Å². The van der Waals surface area contributed by atoms with Gasteiger partial charge in [-0.15, -0.1) is 17.5 Å². The van der Waals surface area contributed by atoms with E-state index in [0.29, 0.717) is 17.2 Å². The molecule has 28 heavy (non-hydrogen) atoms. The zero-order valence-corrected chi connectivity index (χ0v) is 16.3. The van der Waals surface area contributed by atoms with Gasteiger partial charge in [0.25, 0.3) is 5.91 Å². The number of benzene rings is 1. The molecule has 3 aromatic rings. The first-order valence-electron chi connectivity index (χ1n) is 9.06. The molecule has 0 saturated heterocycles. The third kappa shape index (κ3) is 4.37.